The van der Waals surface area contributed by atoms with Gasteiger partial charge in [0.2, 0.25) is 6.79 Å². The maximum absolute atomic E-state index is 10.4. The highest BCUT2D eigenvalue weighted by molar-refractivity contribution is 5.45. The summed E-state index contributed by atoms with van der Waals surface area (Å²) < 4.78 is 10.6. The van der Waals surface area contributed by atoms with Crippen LogP contribution in [-0.4, -0.2) is 49.5 Å². The van der Waals surface area contributed by atoms with Gasteiger partial charge in [-0.3, -0.25) is 0 Å². The normalized spacial score (nSPS) is 26.8. The van der Waals surface area contributed by atoms with Gasteiger partial charge in [-0.05, 0) is 43.6 Å². The Balaban J connectivity index is 1.55. The largest absolute Gasteiger partial charge is 0.454 e. The number of aliphatic hydroxyl groups is 1. The second kappa shape index (κ2) is 6.22. The number of benzene rings is 1. The minimum Gasteiger partial charge on any atom is -0.454 e. The van der Waals surface area contributed by atoms with Gasteiger partial charge in [0, 0.05) is 19.1 Å². The zero-order chi connectivity index (χ0) is 14.8. The molecule has 0 amide bonds. The molecule has 1 aromatic carbocycles. The van der Waals surface area contributed by atoms with E-state index in [0.29, 0.717) is 18.5 Å². The molecule has 0 spiro atoms. The van der Waals surface area contributed by atoms with Crippen LogP contribution in [0.15, 0.2) is 18.2 Å². The highest BCUT2D eigenvalue weighted by atomic mass is 16.7. The highest BCUT2D eigenvalue weighted by Crippen LogP contribution is 2.34. The van der Waals surface area contributed by atoms with E-state index in [1.807, 2.05) is 18.2 Å². The monoisotopic (exact) mass is 292 g/mol. The molecule has 2 aliphatic rings. The van der Waals surface area contributed by atoms with E-state index in [-0.39, 0.29) is 6.79 Å². The molecule has 2 N–H and O–H groups in total. The highest BCUT2D eigenvalue weighted by Gasteiger charge is 2.24. The molecule has 1 aromatic rings. The SMILES string of the molecule is CC1CN(C)CCC1NCC(O)c1ccc2c(c1)OCO2. The number of nitrogens with one attached hydrogen (secondary N) is 1. The lowest BCUT2D eigenvalue weighted by Crippen LogP contribution is -2.47. The van der Waals surface area contributed by atoms with Gasteiger partial charge in [0.1, 0.15) is 0 Å². The van der Waals surface area contributed by atoms with Gasteiger partial charge in [0.15, 0.2) is 11.5 Å². The number of hydrogen-bond acceptors (Lipinski definition) is 5. The minimum absolute atomic E-state index is 0.264. The summed E-state index contributed by atoms with van der Waals surface area (Å²) in [4.78, 5) is 2.36. The van der Waals surface area contributed by atoms with Crippen molar-refractivity contribution in [1.82, 2.24) is 10.2 Å². The third-order valence-electron chi connectivity index (χ3n) is 4.46. The lowest BCUT2D eigenvalue weighted by molar-refractivity contribution is 0.137. The van der Waals surface area contributed by atoms with Crippen molar-refractivity contribution in [2.75, 3.05) is 33.5 Å². The fourth-order valence-electron chi connectivity index (χ4n) is 3.16. The molecule has 1 saturated heterocycles. The molecular weight excluding hydrogens is 268 g/mol. The van der Waals surface area contributed by atoms with Crippen LogP contribution in [0, 0.1) is 5.92 Å². The van der Waals surface area contributed by atoms with E-state index in [2.05, 4.69) is 24.2 Å². The summed E-state index contributed by atoms with van der Waals surface area (Å²) in [7, 11) is 2.16. The van der Waals surface area contributed by atoms with E-state index >= 15 is 0 Å². The predicted octanol–water partition coefficient (Wildman–Crippen LogP) is 1.38. The Labute approximate surface area is 125 Å². The summed E-state index contributed by atoms with van der Waals surface area (Å²) in [5.41, 5.74) is 0.868. The van der Waals surface area contributed by atoms with Crippen LogP contribution in [0.2, 0.25) is 0 Å². The van der Waals surface area contributed by atoms with E-state index < -0.39 is 6.10 Å². The van der Waals surface area contributed by atoms with Crippen LogP contribution in [0.25, 0.3) is 0 Å². The molecule has 2 aliphatic heterocycles. The van der Waals surface area contributed by atoms with Crippen LogP contribution < -0.4 is 14.8 Å². The number of ether oxygens (including phenoxy) is 2. The molecule has 116 valence electrons. The smallest absolute Gasteiger partial charge is 0.231 e. The second-order valence-electron chi connectivity index (χ2n) is 6.17. The van der Waals surface area contributed by atoms with Gasteiger partial charge in [0.25, 0.3) is 0 Å². The Morgan fingerprint density at radius 3 is 3.00 bits per heavy atom. The van der Waals surface area contributed by atoms with Crippen LogP contribution >= 0.6 is 0 Å². The molecule has 1 fully saturated rings. The number of likely N-dealkylation sites (tertiary alicyclic amines) is 1. The van der Waals surface area contributed by atoms with E-state index in [1.54, 1.807) is 0 Å². The molecule has 3 unspecified atom stereocenters. The molecule has 0 aliphatic carbocycles. The Hall–Kier alpha value is -1.30. The molecule has 0 radical (unpaired) electrons. The number of rotatable bonds is 4. The molecule has 0 bridgehead atoms. The van der Waals surface area contributed by atoms with E-state index in [4.69, 9.17) is 9.47 Å². The van der Waals surface area contributed by atoms with Crippen LogP contribution in [0.4, 0.5) is 0 Å². The summed E-state index contributed by atoms with van der Waals surface area (Å²) in [5.74, 6) is 2.08. The van der Waals surface area contributed by atoms with Crippen molar-refractivity contribution in [2.24, 2.45) is 5.92 Å². The van der Waals surface area contributed by atoms with Gasteiger partial charge in [-0.1, -0.05) is 13.0 Å². The summed E-state index contributed by atoms with van der Waals surface area (Å²) in [6.45, 7) is 5.32. The number of piperidine rings is 1. The Morgan fingerprint density at radius 1 is 1.38 bits per heavy atom. The molecule has 0 aromatic heterocycles. The Bertz CT molecular complexity index is 494. The van der Waals surface area contributed by atoms with Crippen molar-refractivity contribution >= 4 is 0 Å². The average molecular weight is 292 g/mol. The summed E-state index contributed by atoms with van der Waals surface area (Å²) >= 11 is 0. The number of hydrogen-bond donors (Lipinski definition) is 2. The van der Waals surface area contributed by atoms with E-state index in [9.17, 15) is 5.11 Å². The Kier molecular flexibility index (Phi) is 4.33. The van der Waals surface area contributed by atoms with Crippen molar-refractivity contribution in [3.05, 3.63) is 23.8 Å². The number of nitrogens with zero attached hydrogens (tertiary/aromatic N) is 1. The fraction of sp³-hybridized carbons (Fsp3) is 0.625. The third-order valence-corrected chi connectivity index (χ3v) is 4.46. The molecule has 3 atom stereocenters. The van der Waals surface area contributed by atoms with Crippen LogP contribution in [0.1, 0.15) is 25.0 Å². The molecule has 2 heterocycles. The van der Waals surface area contributed by atoms with Crippen molar-refractivity contribution in [2.45, 2.75) is 25.5 Å². The number of fused-ring (bicyclic) bond motifs is 1. The quantitative estimate of drug-likeness (QED) is 0.878. The Morgan fingerprint density at radius 2 is 2.19 bits per heavy atom. The molecule has 0 saturated carbocycles. The molecule has 21 heavy (non-hydrogen) atoms. The van der Waals surface area contributed by atoms with Gasteiger partial charge in [-0.2, -0.15) is 0 Å². The third kappa shape index (κ3) is 3.31. The molecule has 5 nitrogen and oxygen atoms in total. The van der Waals surface area contributed by atoms with E-state index in [1.165, 1.54) is 0 Å². The lowest BCUT2D eigenvalue weighted by atomic mass is 9.94. The summed E-state index contributed by atoms with van der Waals surface area (Å²) in [6, 6.07) is 6.11. The van der Waals surface area contributed by atoms with Crippen LogP contribution in [0.3, 0.4) is 0 Å². The van der Waals surface area contributed by atoms with Crippen molar-refractivity contribution in [3.63, 3.8) is 0 Å². The molecule has 3 rings (SSSR count). The first-order valence-electron chi connectivity index (χ1n) is 7.63. The standard InChI is InChI=1S/C16H24N2O3/c1-11-9-18(2)6-5-13(11)17-8-14(19)12-3-4-15-16(7-12)21-10-20-15/h3-4,7,11,13-14,17,19H,5-6,8-10H2,1-2H3. The molecular formula is C16H24N2O3. The van der Waals surface area contributed by atoms with Gasteiger partial charge in [-0.25, -0.2) is 0 Å². The summed E-state index contributed by atoms with van der Waals surface area (Å²) in [6.07, 6.45) is 0.609. The lowest BCUT2D eigenvalue weighted by Gasteiger charge is -2.35. The second-order valence-corrected chi connectivity index (χ2v) is 6.17. The van der Waals surface area contributed by atoms with Gasteiger partial charge >= 0.3 is 0 Å². The first-order valence-corrected chi connectivity index (χ1v) is 7.63. The van der Waals surface area contributed by atoms with Crippen LogP contribution in [0.5, 0.6) is 11.5 Å². The first-order chi connectivity index (χ1) is 10.1. The van der Waals surface area contributed by atoms with Crippen molar-refractivity contribution in [3.8, 4) is 11.5 Å². The average Bonchev–Trinajstić information content (AvgIpc) is 2.93. The van der Waals surface area contributed by atoms with Gasteiger partial charge < -0.3 is 24.8 Å². The zero-order valence-corrected chi connectivity index (χ0v) is 12.7. The van der Waals surface area contributed by atoms with Crippen molar-refractivity contribution in [1.29, 1.82) is 0 Å². The summed E-state index contributed by atoms with van der Waals surface area (Å²) in [5, 5.41) is 13.9. The van der Waals surface area contributed by atoms with Crippen molar-refractivity contribution < 1.29 is 14.6 Å². The topological polar surface area (TPSA) is 54.0 Å². The predicted molar refractivity (Wildman–Crippen MR) is 80.6 cm³/mol. The maximum Gasteiger partial charge on any atom is 0.231 e. The zero-order valence-electron chi connectivity index (χ0n) is 12.7. The maximum atomic E-state index is 10.4. The first kappa shape index (κ1) is 14.6. The van der Waals surface area contributed by atoms with Gasteiger partial charge in [0.05, 0.1) is 6.10 Å². The number of aliphatic hydroxyl groups excluding tert-OH is 1. The van der Waals surface area contributed by atoms with E-state index in [0.717, 1.165) is 36.6 Å². The molecule has 5 heteroatoms. The van der Waals surface area contributed by atoms with Crippen LogP contribution in [-0.2, 0) is 0 Å². The fourth-order valence-corrected chi connectivity index (χ4v) is 3.16. The minimum atomic E-state index is -0.522. The van der Waals surface area contributed by atoms with Gasteiger partial charge in [-0.15, -0.1) is 0 Å².